The van der Waals surface area contributed by atoms with E-state index < -0.39 is 0 Å². The van der Waals surface area contributed by atoms with E-state index in [1.165, 1.54) is 16.2 Å². The van der Waals surface area contributed by atoms with E-state index in [1.54, 1.807) is 0 Å². The number of fused-ring (bicyclic) bond motifs is 2. The lowest BCUT2D eigenvalue weighted by Crippen LogP contribution is -1.85. The summed E-state index contributed by atoms with van der Waals surface area (Å²) in [5, 5.41) is 4.65. The smallest absolute Gasteiger partial charge is 0.121 e. The number of hydrogen-bond acceptors (Lipinski definition) is 1. The summed E-state index contributed by atoms with van der Waals surface area (Å²) in [4.78, 5) is 4.43. The fourth-order valence-corrected chi connectivity index (χ4v) is 2.68. The van der Waals surface area contributed by atoms with Crippen molar-refractivity contribution in [1.82, 2.24) is 4.98 Å². The van der Waals surface area contributed by atoms with Crippen molar-refractivity contribution in [3.63, 3.8) is 0 Å². The molecule has 0 unspecified atom stereocenters. The van der Waals surface area contributed by atoms with E-state index in [0.717, 1.165) is 16.6 Å². The quantitative estimate of drug-likeness (QED) is 0.422. The maximum atomic E-state index is 4.43. The van der Waals surface area contributed by atoms with Gasteiger partial charge in [0.2, 0.25) is 0 Å². The molecular formula is C21H13N. The zero-order valence-corrected chi connectivity index (χ0v) is 12.0. The van der Waals surface area contributed by atoms with Gasteiger partial charge in [0.15, 0.2) is 0 Å². The van der Waals surface area contributed by atoms with E-state index in [9.17, 15) is 0 Å². The van der Waals surface area contributed by atoms with Crippen LogP contribution >= 0.6 is 0 Å². The van der Waals surface area contributed by atoms with Gasteiger partial charge >= 0.3 is 0 Å². The standard InChI is InChI=1S/C21H13N/c1-3-10-19-16(6-1)8-5-9-17(19)12-13-21-20-11-4-2-7-18(20)14-15-22-21/h1-11,14-15H. The molecule has 0 aliphatic carbocycles. The van der Waals surface area contributed by atoms with E-state index in [2.05, 4.69) is 53.2 Å². The second kappa shape index (κ2) is 5.35. The molecule has 0 saturated heterocycles. The average molecular weight is 279 g/mol. The van der Waals surface area contributed by atoms with Crippen molar-refractivity contribution in [1.29, 1.82) is 0 Å². The highest BCUT2D eigenvalue weighted by molar-refractivity contribution is 5.89. The third-order valence-electron chi connectivity index (χ3n) is 3.78. The Balaban J connectivity index is 1.88. The first-order valence-corrected chi connectivity index (χ1v) is 7.25. The lowest BCUT2D eigenvalue weighted by Gasteiger charge is -2.00. The molecular weight excluding hydrogens is 266 g/mol. The summed E-state index contributed by atoms with van der Waals surface area (Å²) in [6.07, 6.45) is 1.81. The second-order valence-corrected chi connectivity index (χ2v) is 5.16. The molecule has 4 aromatic rings. The van der Waals surface area contributed by atoms with E-state index in [4.69, 9.17) is 0 Å². The molecule has 22 heavy (non-hydrogen) atoms. The van der Waals surface area contributed by atoms with E-state index in [-0.39, 0.29) is 0 Å². The third kappa shape index (κ3) is 2.21. The lowest BCUT2D eigenvalue weighted by molar-refractivity contribution is 1.32. The van der Waals surface area contributed by atoms with Crippen LogP contribution in [-0.4, -0.2) is 4.98 Å². The Hall–Kier alpha value is -3.11. The van der Waals surface area contributed by atoms with Crippen molar-refractivity contribution in [3.8, 4) is 11.8 Å². The molecule has 0 amide bonds. The van der Waals surface area contributed by atoms with Crippen molar-refractivity contribution < 1.29 is 0 Å². The Morgan fingerprint density at radius 3 is 2.14 bits per heavy atom. The fourth-order valence-electron chi connectivity index (χ4n) is 2.68. The maximum Gasteiger partial charge on any atom is 0.121 e. The molecule has 1 nitrogen and oxygen atoms in total. The average Bonchev–Trinajstić information content (AvgIpc) is 2.60. The first-order valence-electron chi connectivity index (χ1n) is 7.25. The fraction of sp³-hybridized carbons (Fsp3) is 0. The van der Waals surface area contributed by atoms with Crippen molar-refractivity contribution in [3.05, 3.63) is 90.3 Å². The number of rotatable bonds is 0. The van der Waals surface area contributed by atoms with Crippen LogP contribution < -0.4 is 0 Å². The molecule has 0 atom stereocenters. The highest BCUT2D eigenvalue weighted by atomic mass is 14.7. The molecule has 0 aliphatic rings. The summed E-state index contributed by atoms with van der Waals surface area (Å²) in [5.41, 5.74) is 1.86. The van der Waals surface area contributed by atoms with Crippen LogP contribution in [0.2, 0.25) is 0 Å². The van der Waals surface area contributed by atoms with Crippen LogP contribution in [0.4, 0.5) is 0 Å². The summed E-state index contributed by atoms with van der Waals surface area (Å²) >= 11 is 0. The largest absolute Gasteiger partial charge is 0.247 e. The minimum atomic E-state index is 0.825. The Morgan fingerprint density at radius 1 is 0.591 bits per heavy atom. The van der Waals surface area contributed by atoms with Crippen LogP contribution in [0.5, 0.6) is 0 Å². The van der Waals surface area contributed by atoms with Crippen molar-refractivity contribution in [2.75, 3.05) is 0 Å². The molecule has 4 rings (SSSR count). The number of pyridine rings is 1. The van der Waals surface area contributed by atoms with Crippen LogP contribution in [0.1, 0.15) is 11.3 Å². The molecule has 3 aromatic carbocycles. The van der Waals surface area contributed by atoms with Gasteiger partial charge in [-0.15, -0.1) is 0 Å². The Kier molecular flexibility index (Phi) is 3.07. The third-order valence-corrected chi connectivity index (χ3v) is 3.78. The molecule has 0 saturated carbocycles. The first-order chi connectivity index (χ1) is 10.9. The van der Waals surface area contributed by atoms with Gasteiger partial charge in [0.05, 0.1) is 0 Å². The molecule has 0 bridgehead atoms. The maximum absolute atomic E-state index is 4.43. The SMILES string of the molecule is C(#Cc1nccc2ccccc12)c1cccc2ccccc12. The summed E-state index contributed by atoms with van der Waals surface area (Å²) in [6.45, 7) is 0. The zero-order chi connectivity index (χ0) is 14.8. The van der Waals surface area contributed by atoms with Crippen LogP contribution in [0.25, 0.3) is 21.5 Å². The lowest BCUT2D eigenvalue weighted by atomic mass is 10.0. The van der Waals surface area contributed by atoms with Gasteiger partial charge in [-0.1, -0.05) is 66.6 Å². The number of benzene rings is 3. The zero-order valence-electron chi connectivity index (χ0n) is 12.0. The van der Waals surface area contributed by atoms with Gasteiger partial charge in [-0.3, -0.25) is 0 Å². The molecule has 1 aromatic heterocycles. The monoisotopic (exact) mass is 279 g/mol. The highest BCUT2D eigenvalue weighted by Gasteiger charge is 1.99. The summed E-state index contributed by atoms with van der Waals surface area (Å²) in [7, 11) is 0. The second-order valence-electron chi connectivity index (χ2n) is 5.16. The highest BCUT2D eigenvalue weighted by Crippen LogP contribution is 2.18. The van der Waals surface area contributed by atoms with Gasteiger partial charge in [-0.2, -0.15) is 0 Å². The minimum Gasteiger partial charge on any atom is -0.247 e. The Morgan fingerprint density at radius 2 is 1.27 bits per heavy atom. The molecule has 1 heteroatoms. The molecule has 0 spiro atoms. The molecule has 102 valence electrons. The molecule has 0 fully saturated rings. The van der Waals surface area contributed by atoms with E-state index in [1.807, 2.05) is 42.6 Å². The number of aromatic nitrogens is 1. The Labute approximate surface area is 129 Å². The van der Waals surface area contributed by atoms with E-state index in [0.29, 0.717) is 0 Å². The van der Waals surface area contributed by atoms with Gasteiger partial charge in [0.25, 0.3) is 0 Å². The van der Waals surface area contributed by atoms with Crippen LogP contribution in [0, 0.1) is 11.8 Å². The summed E-state index contributed by atoms with van der Waals surface area (Å²) < 4.78 is 0. The predicted molar refractivity (Wildman–Crippen MR) is 91.7 cm³/mol. The predicted octanol–water partition coefficient (Wildman–Crippen LogP) is 4.79. The van der Waals surface area contributed by atoms with Crippen molar-refractivity contribution >= 4 is 21.5 Å². The normalized spacial score (nSPS) is 10.4. The molecule has 0 aliphatic heterocycles. The van der Waals surface area contributed by atoms with Gasteiger partial charge < -0.3 is 0 Å². The summed E-state index contributed by atoms with van der Waals surface area (Å²) in [5.74, 6) is 6.52. The molecule has 0 radical (unpaired) electrons. The van der Waals surface area contributed by atoms with Crippen molar-refractivity contribution in [2.45, 2.75) is 0 Å². The van der Waals surface area contributed by atoms with Crippen LogP contribution in [0.15, 0.2) is 79.0 Å². The number of nitrogens with zero attached hydrogens (tertiary/aromatic N) is 1. The summed E-state index contributed by atoms with van der Waals surface area (Å²) in [6, 6.07) is 24.7. The van der Waals surface area contributed by atoms with Crippen molar-refractivity contribution in [2.24, 2.45) is 0 Å². The van der Waals surface area contributed by atoms with Gasteiger partial charge in [-0.25, -0.2) is 4.98 Å². The van der Waals surface area contributed by atoms with Crippen LogP contribution in [-0.2, 0) is 0 Å². The molecule has 1 heterocycles. The Bertz CT molecular complexity index is 942. The van der Waals surface area contributed by atoms with Gasteiger partial charge in [-0.05, 0) is 34.2 Å². The molecule has 0 N–H and O–H groups in total. The first kappa shape index (κ1) is 12.6. The topological polar surface area (TPSA) is 12.9 Å². The van der Waals surface area contributed by atoms with Crippen LogP contribution in [0.3, 0.4) is 0 Å². The van der Waals surface area contributed by atoms with E-state index >= 15 is 0 Å². The van der Waals surface area contributed by atoms with Gasteiger partial charge in [0, 0.05) is 17.1 Å². The minimum absolute atomic E-state index is 0.825. The van der Waals surface area contributed by atoms with Gasteiger partial charge in [0.1, 0.15) is 5.69 Å². The number of hydrogen-bond donors (Lipinski definition) is 0.